The fourth-order valence-electron chi connectivity index (χ4n) is 4.60. The fraction of sp³-hybridized carbons (Fsp3) is 0.636. The van der Waals surface area contributed by atoms with E-state index in [0.717, 1.165) is 50.6 Å². The molecule has 26 heavy (non-hydrogen) atoms. The number of hydrogen-bond donors (Lipinski definition) is 0. The third kappa shape index (κ3) is 3.86. The Morgan fingerprint density at radius 2 is 2.08 bits per heavy atom. The quantitative estimate of drug-likeness (QED) is 0.507. The van der Waals surface area contributed by atoms with Crippen molar-refractivity contribution in [1.82, 2.24) is 14.8 Å². The highest BCUT2D eigenvalue weighted by molar-refractivity contribution is 7.80. The molecule has 2 unspecified atom stereocenters. The zero-order chi connectivity index (χ0) is 18.4. The SMILES string of the molecule is CCCCN1CN(CCC)C(=S)C(c2ccccn2)(C2CC=CCC2)C1. The lowest BCUT2D eigenvalue weighted by molar-refractivity contribution is 0.0951. The summed E-state index contributed by atoms with van der Waals surface area (Å²) in [7, 11) is 0. The van der Waals surface area contributed by atoms with E-state index in [-0.39, 0.29) is 5.41 Å². The number of aromatic nitrogens is 1. The topological polar surface area (TPSA) is 19.4 Å². The summed E-state index contributed by atoms with van der Waals surface area (Å²) in [4.78, 5) is 11.1. The average Bonchev–Trinajstić information content (AvgIpc) is 2.70. The number of unbranched alkanes of at least 4 members (excludes halogenated alkanes) is 1. The maximum Gasteiger partial charge on any atom is 0.0928 e. The summed E-state index contributed by atoms with van der Waals surface area (Å²) in [5.41, 5.74) is 1.04. The molecule has 0 radical (unpaired) electrons. The number of nitrogens with zero attached hydrogens (tertiary/aromatic N) is 3. The van der Waals surface area contributed by atoms with Crippen LogP contribution in [-0.2, 0) is 5.41 Å². The minimum atomic E-state index is -0.136. The monoisotopic (exact) mass is 371 g/mol. The van der Waals surface area contributed by atoms with Crippen LogP contribution in [0, 0.1) is 5.92 Å². The van der Waals surface area contributed by atoms with Gasteiger partial charge in [0.25, 0.3) is 0 Å². The molecule has 142 valence electrons. The lowest BCUT2D eigenvalue weighted by Crippen LogP contribution is -2.64. The van der Waals surface area contributed by atoms with Crippen LogP contribution in [0.5, 0.6) is 0 Å². The van der Waals surface area contributed by atoms with Gasteiger partial charge < -0.3 is 4.90 Å². The molecule has 3 nitrogen and oxygen atoms in total. The Morgan fingerprint density at radius 1 is 1.19 bits per heavy atom. The summed E-state index contributed by atoms with van der Waals surface area (Å²) in [6, 6.07) is 6.35. The predicted molar refractivity (Wildman–Crippen MR) is 113 cm³/mol. The molecule has 1 saturated heterocycles. The third-order valence-corrected chi connectivity index (χ3v) is 6.54. The van der Waals surface area contributed by atoms with Gasteiger partial charge >= 0.3 is 0 Å². The Labute approximate surface area is 164 Å². The lowest BCUT2D eigenvalue weighted by Gasteiger charge is -2.52. The molecule has 0 bridgehead atoms. The summed E-state index contributed by atoms with van der Waals surface area (Å²) in [6.07, 6.45) is 13.7. The van der Waals surface area contributed by atoms with Crippen LogP contribution in [0.1, 0.15) is 58.1 Å². The second-order valence-corrected chi connectivity index (χ2v) is 8.17. The minimum Gasteiger partial charge on any atom is -0.352 e. The van der Waals surface area contributed by atoms with Crippen molar-refractivity contribution in [2.75, 3.05) is 26.3 Å². The molecule has 0 saturated carbocycles. The number of allylic oxidation sites excluding steroid dienone is 2. The molecule has 0 spiro atoms. The van der Waals surface area contributed by atoms with E-state index in [0.29, 0.717) is 5.92 Å². The first kappa shape index (κ1) is 19.5. The van der Waals surface area contributed by atoms with Crippen LogP contribution in [-0.4, -0.2) is 46.1 Å². The zero-order valence-corrected chi connectivity index (χ0v) is 17.2. The molecule has 2 atom stereocenters. The Balaban J connectivity index is 2.03. The molecule has 1 aromatic heterocycles. The Kier molecular flexibility index (Phi) is 6.82. The fourth-order valence-corrected chi connectivity index (χ4v) is 5.09. The van der Waals surface area contributed by atoms with Crippen molar-refractivity contribution < 1.29 is 0 Å². The van der Waals surface area contributed by atoms with Crippen LogP contribution in [0.4, 0.5) is 0 Å². The molecule has 1 fully saturated rings. The number of pyridine rings is 1. The van der Waals surface area contributed by atoms with Crippen LogP contribution in [0.25, 0.3) is 0 Å². The molecule has 3 rings (SSSR count). The van der Waals surface area contributed by atoms with Crippen LogP contribution in [0.2, 0.25) is 0 Å². The van der Waals surface area contributed by atoms with E-state index < -0.39 is 0 Å². The van der Waals surface area contributed by atoms with Gasteiger partial charge in [-0.15, -0.1) is 0 Å². The Bertz CT molecular complexity index is 615. The minimum absolute atomic E-state index is 0.136. The van der Waals surface area contributed by atoms with Crippen molar-refractivity contribution in [1.29, 1.82) is 0 Å². The van der Waals surface area contributed by atoms with Crippen LogP contribution >= 0.6 is 12.2 Å². The van der Waals surface area contributed by atoms with E-state index in [2.05, 4.69) is 47.9 Å². The molecule has 1 aliphatic heterocycles. The second kappa shape index (κ2) is 9.09. The highest BCUT2D eigenvalue weighted by atomic mass is 32.1. The molecule has 0 N–H and O–H groups in total. The van der Waals surface area contributed by atoms with E-state index in [4.69, 9.17) is 17.2 Å². The van der Waals surface area contributed by atoms with Gasteiger partial charge in [0.15, 0.2) is 0 Å². The third-order valence-electron chi connectivity index (χ3n) is 5.92. The normalized spacial score (nSPS) is 27.1. The molecule has 2 aliphatic rings. The van der Waals surface area contributed by atoms with E-state index >= 15 is 0 Å². The smallest absolute Gasteiger partial charge is 0.0928 e. The zero-order valence-electron chi connectivity index (χ0n) is 16.4. The highest BCUT2D eigenvalue weighted by Crippen LogP contribution is 2.43. The van der Waals surface area contributed by atoms with Gasteiger partial charge in [-0.1, -0.05) is 50.7 Å². The summed E-state index contributed by atoms with van der Waals surface area (Å²) in [5, 5.41) is 0. The molecule has 1 aromatic rings. The molecular formula is C22H33N3S. The summed E-state index contributed by atoms with van der Waals surface area (Å²) < 4.78 is 0. The van der Waals surface area contributed by atoms with Gasteiger partial charge in [0, 0.05) is 19.3 Å². The molecule has 2 heterocycles. The van der Waals surface area contributed by atoms with E-state index in [1.165, 1.54) is 25.0 Å². The van der Waals surface area contributed by atoms with Crippen LogP contribution < -0.4 is 0 Å². The van der Waals surface area contributed by atoms with Crippen molar-refractivity contribution in [3.05, 3.63) is 42.2 Å². The van der Waals surface area contributed by atoms with Gasteiger partial charge in [-0.05, 0) is 56.7 Å². The van der Waals surface area contributed by atoms with Crippen molar-refractivity contribution in [3.8, 4) is 0 Å². The predicted octanol–water partition coefficient (Wildman–Crippen LogP) is 4.79. The Hall–Kier alpha value is -1.26. The molecule has 0 amide bonds. The number of hydrogen-bond acceptors (Lipinski definition) is 3. The maximum absolute atomic E-state index is 6.19. The molecule has 0 aromatic carbocycles. The summed E-state index contributed by atoms with van der Waals surface area (Å²) >= 11 is 6.19. The van der Waals surface area contributed by atoms with E-state index in [1.54, 1.807) is 0 Å². The first-order valence-electron chi connectivity index (χ1n) is 10.3. The number of rotatable bonds is 7. The van der Waals surface area contributed by atoms with Crippen molar-refractivity contribution in [2.24, 2.45) is 5.92 Å². The molecule has 4 heteroatoms. The average molecular weight is 372 g/mol. The molecule has 1 aliphatic carbocycles. The first-order valence-corrected chi connectivity index (χ1v) is 10.7. The van der Waals surface area contributed by atoms with Crippen LogP contribution in [0.15, 0.2) is 36.5 Å². The molecular weight excluding hydrogens is 338 g/mol. The van der Waals surface area contributed by atoms with Gasteiger partial charge in [-0.25, -0.2) is 0 Å². The van der Waals surface area contributed by atoms with Gasteiger partial charge in [0.1, 0.15) is 0 Å². The van der Waals surface area contributed by atoms with Gasteiger partial charge in [-0.3, -0.25) is 9.88 Å². The maximum atomic E-state index is 6.19. The van der Waals surface area contributed by atoms with Crippen LogP contribution in [0.3, 0.4) is 0 Å². The highest BCUT2D eigenvalue weighted by Gasteiger charge is 2.50. The second-order valence-electron chi connectivity index (χ2n) is 7.78. The van der Waals surface area contributed by atoms with Gasteiger partial charge in [0.05, 0.1) is 22.8 Å². The van der Waals surface area contributed by atoms with E-state index in [1.807, 2.05) is 12.3 Å². The van der Waals surface area contributed by atoms with E-state index in [9.17, 15) is 0 Å². The summed E-state index contributed by atoms with van der Waals surface area (Å²) in [5.74, 6) is 0.540. The number of thiocarbonyl (C=S) groups is 1. The largest absolute Gasteiger partial charge is 0.352 e. The standard InChI is InChI=1S/C22H33N3S/c1-3-5-16-24-17-22(19-11-7-6-8-12-19,20-13-9-10-14-23-20)21(26)25(18-24)15-4-2/h6-7,9-10,13-14,19H,3-5,8,11-12,15-18H2,1-2H3. The van der Waals surface area contributed by atoms with Crippen molar-refractivity contribution >= 4 is 17.2 Å². The van der Waals surface area contributed by atoms with Crippen molar-refractivity contribution in [3.63, 3.8) is 0 Å². The first-order chi connectivity index (χ1) is 12.7. The van der Waals surface area contributed by atoms with Gasteiger partial charge in [-0.2, -0.15) is 0 Å². The van der Waals surface area contributed by atoms with Gasteiger partial charge in [0.2, 0.25) is 0 Å². The van der Waals surface area contributed by atoms with Crippen molar-refractivity contribution in [2.45, 2.75) is 57.8 Å². The summed E-state index contributed by atoms with van der Waals surface area (Å²) in [6.45, 7) is 8.70. The Morgan fingerprint density at radius 3 is 2.73 bits per heavy atom. The lowest BCUT2D eigenvalue weighted by atomic mass is 9.66.